The van der Waals surface area contributed by atoms with Gasteiger partial charge in [-0.1, -0.05) is 298 Å². The minimum Gasteiger partial charge on any atom is -0.339 e. The first-order valence-electron chi connectivity index (χ1n) is 45.8. The molecule has 0 N–H and O–H groups in total. The molecule has 0 atom stereocenters. The van der Waals surface area contributed by atoms with Crippen LogP contribution in [0, 0.1) is 45.9 Å². The number of nitrogens with zero attached hydrogens (tertiary/aromatic N) is 7. The molecule has 20 rings (SSSR count). The van der Waals surface area contributed by atoms with Gasteiger partial charge in [-0.3, -0.25) is 15.0 Å². The molecule has 0 aliphatic heterocycles. The number of unbranched alkanes of at least 4 members (excludes halogenated alkanes) is 1. The monoisotopic (exact) mass is 2260 g/mol. The Morgan fingerprint density at radius 1 is 0.301 bits per heavy atom. The van der Waals surface area contributed by atoms with Crippen LogP contribution in [-0.4, -0.2) is 33.2 Å². The number of aromatic nitrogens is 7. The fourth-order valence-electron chi connectivity index (χ4n) is 18.1. The normalized spacial score (nSPS) is 11.1. The van der Waals surface area contributed by atoms with Gasteiger partial charge in [0, 0.05) is 129 Å². The van der Waals surface area contributed by atoms with E-state index < -0.39 is 0 Å². The summed E-state index contributed by atoms with van der Waals surface area (Å²) in [6.07, 6.45) is 14.3. The van der Waals surface area contributed by atoms with Crippen molar-refractivity contribution in [2.75, 3.05) is 0 Å². The predicted octanol–water partition coefficient (Wildman–Crippen LogP) is 32.2. The Kier molecular flexibility index (Phi) is 30.6. The van der Waals surface area contributed by atoms with Crippen molar-refractivity contribution in [1.29, 1.82) is 0 Å². The third-order valence-electron chi connectivity index (χ3n) is 24.8. The van der Waals surface area contributed by atoms with Gasteiger partial charge in [-0.25, -0.2) is 0 Å². The first-order valence-corrected chi connectivity index (χ1v) is 45.8. The second-order valence-electron chi connectivity index (χ2n) is 35.2. The Morgan fingerprint density at radius 2 is 0.737 bits per heavy atom. The largest absolute Gasteiger partial charge is 0.339 e. The average Bonchev–Trinajstić information content (AvgIpc) is 1.85. The van der Waals surface area contributed by atoms with Crippen molar-refractivity contribution in [3.05, 3.63) is 451 Å². The minimum absolute atomic E-state index is 0. The Balaban J connectivity index is 0.000000152. The molecule has 20 aromatic rings. The van der Waals surface area contributed by atoms with Crippen molar-refractivity contribution < 1.29 is 60.3 Å². The van der Waals surface area contributed by atoms with Crippen LogP contribution < -0.4 is 0 Å². The van der Waals surface area contributed by atoms with Crippen molar-refractivity contribution in [2.24, 2.45) is 0 Å². The van der Waals surface area contributed by atoms with Crippen molar-refractivity contribution in [3.8, 4) is 146 Å². The molecule has 3 radical (unpaired) electrons. The number of rotatable bonds is 22. The zero-order chi connectivity index (χ0) is 89.2. The maximum Gasteiger partial charge on any atom is 0.0772 e. The smallest absolute Gasteiger partial charge is 0.0772 e. The summed E-state index contributed by atoms with van der Waals surface area (Å²) in [5.41, 5.74) is 38.5. The molecular formula is C123H108Ir3N7-3. The summed E-state index contributed by atoms with van der Waals surface area (Å²) in [6.45, 7) is 22.2. The van der Waals surface area contributed by atoms with Gasteiger partial charge in [0.1, 0.15) is 0 Å². The second-order valence-corrected chi connectivity index (χ2v) is 35.2. The fourth-order valence-corrected chi connectivity index (χ4v) is 18.1. The van der Waals surface area contributed by atoms with Crippen LogP contribution in [0.15, 0.2) is 389 Å². The Hall–Kier alpha value is -13.1. The van der Waals surface area contributed by atoms with E-state index in [0.29, 0.717) is 0 Å². The topological polar surface area (TPSA) is 58.4 Å². The SMILES string of the molecule is CC(C)(C)c1cc(-c2ccccc2)ccc1-n1cc(-c2cccc(-c3ccccc3)c2)nc1-c1[c-]cccc1.CCCCc1ccc(-n2cc(-c3cccc(-n4c5ccccc5c5ccccc54)c3)nc2-c2[c-]ccc(C)c2)c(C)c1.CCCc1ccc(-c2cc(-c3ccc(CCC)cc3)cc(-c3cc[c-]c(-c4ncc(C)n4-c4ccc(-c5ccccc5)cc4C)c3)c2)cc1.[Ir].[Ir].[Ir]. The van der Waals surface area contributed by atoms with Crippen LogP contribution in [0.5, 0.6) is 0 Å². The number of fused-ring (bicyclic) bond motifs is 3. The van der Waals surface area contributed by atoms with E-state index in [1.165, 1.54) is 135 Å². The molecule has 10 heteroatoms. The van der Waals surface area contributed by atoms with E-state index in [9.17, 15) is 0 Å². The quantitative estimate of drug-likeness (QED) is 0.0636. The summed E-state index contributed by atoms with van der Waals surface area (Å²) in [4.78, 5) is 15.4. The molecule has 0 bridgehead atoms. The summed E-state index contributed by atoms with van der Waals surface area (Å²) in [7, 11) is 0. The number of aryl methyl sites for hydroxylation is 7. The van der Waals surface area contributed by atoms with Gasteiger partial charge < -0.3 is 18.3 Å². The molecule has 0 aliphatic rings. The molecule has 4 heterocycles. The average molecular weight is 2260 g/mol. The number of imidazole rings is 3. The van der Waals surface area contributed by atoms with E-state index in [1.54, 1.807) is 0 Å². The van der Waals surface area contributed by atoms with Crippen LogP contribution >= 0.6 is 0 Å². The van der Waals surface area contributed by atoms with E-state index >= 15 is 0 Å². The van der Waals surface area contributed by atoms with Crippen molar-refractivity contribution in [1.82, 2.24) is 33.2 Å². The number of benzene rings is 16. The van der Waals surface area contributed by atoms with Crippen LogP contribution in [0.25, 0.3) is 168 Å². The number of hydrogen-bond acceptors (Lipinski definition) is 3. The standard InChI is InChI=1S/C47H43N2.C39H34N3.C37H31N2.3Ir/c1-5-11-35-17-21-38(22-18-35)43-29-44(39-23-19-36(12-6-2)20-24-39)31-45(30-43)40-15-10-16-42(28-40)47-48-32-34(4)49(47)46-26-25-41(27-33(46)3)37-13-8-7-9-14-37;1-4-5-13-29-21-22-36(28(3)24-29)41-26-35(40-39(41)31-15-10-12-27(2)23-31)30-14-11-16-32(25-30)42-37-19-8-6-17-33(37)34-18-7-9-20-38(34)42;1-37(2,3)33-25-31(28-16-9-5-10-17-28)22-23-35(33)39-26-34(38-36(39)29-18-11-6-12-19-29)32-21-13-20-30(24-32)27-14-7-4-8-15-27;;;/h7-10,13-15,17-32H,5-6,11-12H2,1-4H3;6-12,14,16-26H,4-5,13H2,1-3H3;4-18,20-26H,1-3H3;;;/q3*-1;;;. The summed E-state index contributed by atoms with van der Waals surface area (Å²) < 4.78 is 9.11. The van der Waals surface area contributed by atoms with Crippen LogP contribution in [0.4, 0.5) is 0 Å². The minimum atomic E-state index is -0.0740. The molecule has 0 saturated heterocycles. The summed E-state index contributed by atoms with van der Waals surface area (Å²) in [6, 6.07) is 143. The third-order valence-corrected chi connectivity index (χ3v) is 24.8. The molecule has 0 unspecified atom stereocenters. The van der Waals surface area contributed by atoms with Gasteiger partial charge in [-0.15, -0.1) is 107 Å². The molecule has 0 aliphatic carbocycles. The Morgan fingerprint density at radius 3 is 1.29 bits per heavy atom. The van der Waals surface area contributed by atoms with Gasteiger partial charge in [0.15, 0.2) is 0 Å². The van der Waals surface area contributed by atoms with Gasteiger partial charge in [0.25, 0.3) is 0 Å². The summed E-state index contributed by atoms with van der Waals surface area (Å²) in [5, 5.41) is 2.52. The number of para-hydroxylation sites is 2. The fraction of sp³-hybridized carbons (Fsp3) is 0.146. The van der Waals surface area contributed by atoms with E-state index in [4.69, 9.17) is 15.0 Å². The molecular weight excluding hydrogens is 2150 g/mol. The van der Waals surface area contributed by atoms with E-state index in [0.717, 1.165) is 123 Å². The van der Waals surface area contributed by atoms with Crippen molar-refractivity contribution >= 4 is 21.8 Å². The van der Waals surface area contributed by atoms with Gasteiger partial charge in [-0.05, 0) is 225 Å². The van der Waals surface area contributed by atoms with Gasteiger partial charge in [0.05, 0.1) is 39.9 Å². The molecule has 0 spiro atoms. The maximum atomic E-state index is 5.25. The zero-order valence-electron chi connectivity index (χ0n) is 77.0. The molecule has 16 aromatic carbocycles. The number of hydrogen-bond donors (Lipinski definition) is 0. The molecule has 4 aromatic heterocycles. The molecule has 133 heavy (non-hydrogen) atoms. The van der Waals surface area contributed by atoms with Crippen LogP contribution in [-0.2, 0) is 85.0 Å². The van der Waals surface area contributed by atoms with E-state index in [1.807, 2.05) is 42.6 Å². The molecule has 665 valence electrons. The van der Waals surface area contributed by atoms with Gasteiger partial charge in [-0.2, -0.15) is 0 Å². The first kappa shape index (κ1) is 94.5. The van der Waals surface area contributed by atoms with Crippen LogP contribution in [0.3, 0.4) is 0 Å². The van der Waals surface area contributed by atoms with Crippen molar-refractivity contribution in [3.63, 3.8) is 0 Å². The van der Waals surface area contributed by atoms with Crippen LogP contribution in [0.1, 0.15) is 112 Å². The third kappa shape index (κ3) is 21.2. The Labute approximate surface area is 825 Å². The van der Waals surface area contributed by atoms with Crippen molar-refractivity contribution in [2.45, 2.75) is 120 Å². The summed E-state index contributed by atoms with van der Waals surface area (Å²) >= 11 is 0. The molecule has 0 fully saturated rings. The zero-order valence-corrected chi connectivity index (χ0v) is 84.2. The van der Waals surface area contributed by atoms with E-state index in [2.05, 4.69) is 452 Å². The predicted molar refractivity (Wildman–Crippen MR) is 546 cm³/mol. The summed E-state index contributed by atoms with van der Waals surface area (Å²) in [5.74, 6) is 2.68. The molecule has 0 saturated carbocycles. The van der Waals surface area contributed by atoms with Gasteiger partial charge >= 0.3 is 0 Å². The van der Waals surface area contributed by atoms with Gasteiger partial charge in [0.2, 0.25) is 0 Å². The Bertz CT molecular complexity index is 7240. The molecule has 0 amide bonds. The van der Waals surface area contributed by atoms with Crippen LogP contribution in [0.2, 0.25) is 0 Å². The first-order chi connectivity index (χ1) is 63.6. The van der Waals surface area contributed by atoms with E-state index in [-0.39, 0.29) is 65.7 Å². The maximum absolute atomic E-state index is 5.25. The molecule has 7 nitrogen and oxygen atoms in total. The second kappa shape index (κ2) is 43.1.